The first-order valence-electron chi connectivity index (χ1n) is 7.03. The molecule has 1 aliphatic rings. The Labute approximate surface area is 130 Å². The monoisotopic (exact) mass is 318 g/mol. The van der Waals surface area contributed by atoms with Crippen LogP contribution in [0, 0.1) is 11.3 Å². The molecule has 4 nitrogen and oxygen atoms in total. The Hall–Kier alpha value is -2.75. The molecule has 7 heteroatoms. The van der Waals surface area contributed by atoms with Crippen molar-refractivity contribution < 1.29 is 13.2 Å². The zero-order valence-electron chi connectivity index (χ0n) is 12.0. The largest absolute Gasteiger partial charge is 0.417 e. The molecule has 0 aliphatic heterocycles. The summed E-state index contributed by atoms with van der Waals surface area (Å²) >= 11 is 0. The lowest BCUT2D eigenvalue weighted by Crippen LogP contribution is -2.17. The molecule has 2 N–H and O–H groups in total. The van der Waals surface area contributed by atoms with Crippen molar-refractivity contribution in [1.82, 2.24) is 9.97 Å². The molecule has 1 aromatic heterocycles. The van der Waals surface area contributed by atoms with Gasteiger partial charge in [0.25, 0.3) is 0 Å². The second kappa shape index (κ2) is 5.80. The fourth-order valence-electron chi connectivity index (χ4n) is 2.68. The van der Waals surface area contributed by atoms with E-state index in [4.69, 9.17) is 5.26 Å². The average molecular weight is 318 g/mol. The van der Waals surface area contributed by atoms with Crippen LogP contribution in [0.2, 0.25) is 0 Å². The molecule has 1 heterocycles. The Morgan fingerprint density at radius 3 is 2.83 bits per heavy atom. The highest BCUT2D eigenvalue weighted by Gasteiger charge is 2.34. The third-order valence-corrected chi connectivity index (χ3v) is 3.78. The summed E-state index contributed by atoms with van der Waals surface area (Å²) in [5.41, 5.74) is 1.09. The Bertz CT molecular complexity index is 770. The van der Waals surface area contributed by atoms with Gasteiger partial charge in [-0.2, -0.15) is 18.4 Å². The van der Waals surface area contributed by atoms with Gasteiger partial charge in [0.05, 0.1) is 35.4 Å². The van der Waals surface area contributed by atoms with Gasteiger partial charge < -0.3 is 10.3 Å². The number of alkyl halides is 3. The summed E-state index contributed by atoms with van der Waals surface area (Å²) in [7, 11) is 0. The number of aromatic amines is 1. The van der Waals surface area contributed by atoms with E-state index in [0.29, 0.717) is 12.1 Å². The predicted molar refractivity (Wildman–Crippen MR) is 79.4 cm³/mol. The van der Waals surface area contributed by atoms with Gasteiger partial charge in [0.2, 0.25) is 0 Å². The number of H-pyrrole nitrogens is 1. The maximum Gasteiger partial charge on any atom is 0.417 e. The summed E-state index contributed by atoms with van der Waals surface area (Å²) in [5, 5.41) is 11.9. The number of nitrogens with one attached hydrogen (secondary N) is 2. The van der Waals surface area contributed by atoms with Crippen molar-refractivity contribution in [2.45, 2.75) is 25.1 Å². The molecular weight excluding hydrogens is 305 g/mol. The van der Waals surface area contributed by atoms with Gasteiger partial charge in [-0.25, -0.2) is 4.98 Å². The normalized spacial score (nSPS) is 17.7. The fourth-order valence-corrected chi connectivity index (χ4v) is 2.68. The number of nitrogens with zero attached hydrogens (tertiary/aromatic N) is 2. The maximum atomic E-state index is 13.0. The van der Waals surface area contributed by atoms with E-state index in [0.717, 1.165) is 23.8 Å². The van der Waals surface area contributed by atoms with Crippen molar-refractivity contribution in [2.75, 3.05) is 5.32 Å². The number of rotatable bonds is 3. The summed E-state index contributed by atoms with van der Waals surface area (Å²) in [6, 6.07) is 5.29. The number of aromatic nitrogens is 2. The molecule has 0 saturated heterocycles. The average Bonchev–Trinajstić information content (AvgIpc) is 3.17. The predicted octanol–water partition coefficient (Wildman–Crippen LogP) is 3.96. The maximum absolute atomic E-state index is 13.0. The molecule has 0 amide bonds. The summed E-state index contributed by atoms with van der Waals surface area (Å²) < 4.78 is 38.9. The summed E-state index contributed by atoms with van der Waals surface area (Å²) in [6.07, 6.45) is 2.22. The van der Waals surface area contributed by atoms with E-state index in [1.54, 1.807) is 18.6 Å². The van der Waals surface area contributed by atoms with Gasteiger partial charge in [0.1, 0.15) is 0 Å². The third-order valence-electron chi connectivity index (χ3n) is 3.78. The van der Waals surface area contributed by atoms with Gasteiger partial charge in [-0.15, -0.1) is 0 Å². The van der Waals surface area contributed by atoms with E-state index >= 15 is 0 Å². The first-order chi connectivity index (χ1) is 11.0. The molecule has 1 atom stereocenters. The molecule has 1 unspecified atom stereocenters. The van der Waals surface area contributed by atoms with Crippen LogP contribution in [0.1, 0.15) is 29.7 Å². The molecule has 0 spiro atoms. The minimum atomic E-state index is -4.54. The van der Waals surface area contributed by atoms with E-state index in [1.165, 1.54) is 12.1 Å². The first-order valence-corrected chi connectivity index (χ1v) is 7.03. The molecule has 0 radical (unpaired) electrons. The van der Waals surface area contributed by atoms with Crippen molar-refractivity contribution in [1.29, 1.82) is 5.26 Å². The minimum Gasteiger partial charge on any atom is -0.382 e. The number of anilines is 1. The van der Waals surface area contributed by atoms with Crippen LogP contribution in [0.15, 0.2) is 36.8 Å². The van der Waals surface area contributed by atoms with Gasteiger partial charge in [-0.3, -0.25) is 0 Å². The van der Waals surface area contributed by atoms with Crippen LogP contribution >= 0.6 is 0 Å². The number of hydrogen-bond donors (Lipinski definition) is 2. The van der Waals surface area contributed by atoms with Gasteiger partial charge in [-0.05, 0) is 36.6 Å². The third kappa shape index (κ3) is 3.21. The first kappa shape index (κ1) is 15.2. The Morgan fingerprint density at radius 1 is 1.35 bits per heavy atom. The van der Waals surface area contributed by atoms with Gasteiger partial charge in [-0.1, -0.05) is 6.08 Å². The highest BCUT2D eigenvalue weighted by atomic mass is 19.4. The van der Waals surface area contributed by atoms with Gasteiger partial charge >= 0.3 is 6.18 Å². The quantitative estimate of drug-likeness (QED) is 0.900. The zero-order chi connectivity index (χ0) is 16.4. The molecule has 1 aliphatic carbocycles. The van der Waals surface area contributed by atoms with E-state index in [9.17, 15) is 13.2 Å². The molecule has 23 heavy (non-hydrogen) atoms. The topological polar surface area (TPSA) is 64.5 Å². The lowest BCUT2D eigenvalue weighted by molar-refractivity contribution is -0.137. The Morgan fingerprint density at radius 2 is 2.17 bits per heavy atom. The van der Waals surface area contributed by atoms with Crippen molar-refractivity contribution in [3.8, 4) is 6.07 Å². The van der Waals surface area contributed by atoms with Crippen molar-refractivity contribution >= 4 is 11.3 Å². The van der Waals surface area contributed by atoms with Crippen LogP contribution in [-0.2, 0) is 6.18 Å². The van der Waals surface area contributed by atoms with Gasteiger partial charge in [0, 0.05) is 11.7 Å². The van der Waals surface area contributed by atoms with E-state index in [-0.39, 0.29) is 11.6 Å². The Kier molecular flexibility index (Phi) is 3.82. The standard InChI is InChI=1S/C16H13F3N4/c17-16(18,19)14-6-13(4-2-11(14)7-20)23-12-3-1-10(5-12)15-8-21-9-22-15/h1-2,4,6,8-9,12,23H,3,5H2,(H,21,22). The number of imidazole rings is 1. The summed E-state index contributed by atoms with van der Waals surface area (Å²) in [5.74, 6) is 0. The van der Waals surface area contributed by atoms with E-state index in [2.05, 4.69) is 15.3 Å². The number of hydrogen-bond acceptors (Lipinski definition) is 3. The zero-order valence-corrected chi connectivity index (χ0v) is 12.0. The number of nitriles is 1. The second-order valence-corrected chi connectivity index (χ2v) is 5.35. The molecule has 1 aromatic carbocycles. The minimum absolute atomic E-state index is 0.0160. The van der Waals surface area contributed by atoms with Crippen LogP contribution in [0.4, 0.5) is 18.9 Å². The lowest BCUT2D eigenvalue weighted by Gasteiger charge is -2.17. The van der Waals surface area contributed by atoms with Crippen LogP contribution in [-0.4, -0.2) is 16.0 Å². The SMILES string of the molecule is N#Cc1ccc(NC2CC=C(c3cnc[nH]3)C2)cc1C(F)(F)F. The molecule has 2 aromatic rings. The fraction of sp³-hybridized carbons (Fsp3) is 0.250. The van der Waals surface area contributed by atoms with Gasteiger partial charge in [0.15, 0.2) is 0 Å². The highest BCUT2D eigenvalue weighted by molar-refractivity contribution is 5.66. The van der Waals surface area contributed by atoms with Crippen molar-refractivity contribution in [2.24, 2.45) is 0 Å². The molecule has 0 fully saturated rings. The molecule has 3 rings (SSSR count). The van der Waals surface area contributed by atoms with Crippen molar-refractivity contribution in [3.63, 3.8) is 0 Å². The Balaban J connectivity index is 1.74. The van der Waals surface area contributed by atoms with E-state index in [1.807, 2.05) is 6.08 Å². The molecule has 0 saturated carbocycles. The number of halogens is 3. The highest BCUT2D eigenvalue weighted by Crippen LogP contribution is 2.35. The van der Waals surface area contributed by atoms with Crippen LogP contribution in [0.5, 0.6) is 0 Å². The van der Waals surface area contributed by atoms with Crippen LogP contribution in [0.25, 0.3) is 5.57 Å². The smallest absolute Gasteiger partial charge is 0.382 e. The summed E-state index contributed by atoms with van der Waals surface area (Å²) in [4.78, 5) is 6.98. The molecule has 118 valence electrons. The van der Waals surface area contributed by atoms with Crippen LogP contribution in [0.3, 0.4) is 0 Å². The second-order valence-electron chi connectivity index (χ2n) is 5.35. The number of benzene rings is 1. The molecular formula is C16H13F3N4. The lowest BCUT2D eigenvalue weighted by atomic mass is 10.1. The van der Waals surface area contributed by atoms with Crippen LogP contribution < -0.4 is 5.32 Å². The van der Waals surface area contributed by atoms with E-state index < -0.39 is 11.7 Å². The van der Waals surface area contributed by atoms with Crippen molar-refractivity contribution in [3.05, 3.63) is 53.6 Å². The summed E-state index contributed by atoms with van der Waals surface area (Å²) in [6.45, 7) is 0. The molecule has 0 bridgehead atoms.